The zero-order valence-corrected chi connectivity index (χ0v) is 15.3. The van der Waals surface area contributed by atoms with Crippen LogP contribution in [0.4, 0.5) is 10.5 Å². The van der Waals surface area contributed by atoms with Gasteiger partial charge in [0, 0.05) is 50.8 Å². The van der Waals surface area contributed by atoms with E-state index in [1.807, 2.05) is 6.92 Å². The molecule has 1 atom stereocenters. The van der Waals surface area contributed by atoms with Crippen LogP contribution in [0.2, 0.25) is 0 Å². The summed E-state index contributed by atoms with van der Waals surface area (Å²) in [5.41, 5.74) is 1.67. The van der Waals surface area contributed by atoms with E-state index in [4.69, 9.17) is 4.74 Å². The number of hydrogen-bond acceptors (Lipinski definition) is 5. The van der Waals surface area contributed by atoms with Gasteiger partial charge in [0.1, 0.15) is 5.75 Å². The summed E-state index contributed by atoms with van der Waals surface area (Å²) in [4.78, 5) is 34.1. The molecule has 8 nitrogen and oxygen atoms in total. The van der Waals surface area contributed by atoms with Crippen LogP contribution in [-0.2, 0) is 6.42 Å². The Kier molecular flexibility index (Phi) is 6.48. The molecule has 1 aromatic heterocycles. The summed E-state index contributed by atoms with van der Waals surface area (Å²) < 4.78 is 5.22. The van der Waals surface area contributed by atoms with Crippen LogP contribution in [0.1, 0.15) is 23.0 Å². The molecular weight excluding hydrogens is 334 g/mol. The van der Waals surface area contributed by atoms with Gasteiger partial charge in [-0.3, -0.25) is 14.8 Å². The molecule has 0 radical (unpaired) electrons. The SMILES string of the molecule is COc1ccc(NC(=O)N[C@@H](C)Cc2cnccn2)cc1C(=O)N(C)C. The molecule has 0 bridgehead atoms. The van der Waals surface area contributed by atoms with Gasteiger partial charge in [0.25, 0.3) is 5.91 Å². The van der Waals surface area contributed by atoms with Gasteiger partial charge >= 0.3 is 6.03 Å². The number of amides is 3. The number of rotatable bonds is 6. The van der Waals surface area contributed by atoms with Crippen molar-refractivity contribution in [3.05, 3.63) is 48.0 Å². The fourth-order valence-electron chi connectivity index (χ4n) is 2.38. The number of benzene rings is 1. The molecule has 26 heavy (non-hydrogen) atoms. The van der Waals surface area contributed by atoms with Gasteiger partial charge in [0.15, 0.2) is 0 Å². The van der Waals surface area contributed by atoms with Crippen molar-refractivity contribution in [3.8, 4) is 5.75 Å². The van der Waals surface area contributed by atoms with Crippen molar-refractivity contribution in [3.63, 3.8) is 0 Å². The molecule has 2 rings (SSSR count). The number of urea groups is 1. The molecule has 0 saturated carbocycles. The minimum Gasteiger partial charge on any atom is -0.496 e. The van der Waals surface area contributed by atoms with Crippen molar-refractivity contribution in [1.82, 2.24) is 20.2 Å². The quantitative estimate of drug-likeness (QED) is 0.824. The van der Waals surface area contributed by atoms with Gasteiger partial charge in [-0.25, -0.2) is 4.79 Å². The smallest absolute Gasteiger partial charge is 0.319 e. The fourth-order valence-corrected chi connectivity index (χ4v) is 2.38. The van der Waals surface area contributed by atoms with Gasteiger partial charge in [-0.2, -0.15) is 0 Å². The maximum Gasteiger partial charge on any atom is 0.319 e. The molecule has 0 spiro atoms. The molecule has 0 aliphatic heterocycles. The Morgan fingerprint density at radius 3 is 2.65 bits per heavy atom. The molecule has 0 saturated heterocycles. The van der Waals surface area contributed by atoms with Gasteiger partial charge in [-0.1, -0.05) is 0 Å². The van der Waals surface area contributed by atoms with Crippen molar-refractivity contribution in [1.29, 1.82) is 0 Å². The molecule has 2 aromatic rings. The molecule has 0 unspecified atom stereocenters. The summed E-state index contributed by atoms with van der Waals surface area (Å²) in [5.74, 6) is 0.243. The zero-order valence-electron chi connectivity index (χ0n) is 15.3. The van der Waals surface area contributed by atoms with E-state index in [2.05, 4.69) is 20.6 Å². The van der Waals surface area contributed by atoms with E-state index in [1.54, 1.807) is 50.9 Å². The number of carbonyl (C=O) groups excluding carboxylic acids is 2. The third-order valence-corrected chi connectivity index (χ3v) is 3.60. The highest BCUT2D eigenvalue weighted by molar-refractivity contribution is 5.99. The molecule has 0 aliphatic carbocycles. The Labute approximate surface area is 152 Å². The van der Waals surface area contributed by atoms with Gasteiger partial charge in [0.2, 0.25) is 0 Å². The Balaban J connectivity index is 2.02. The lowest BCUT2D eigenvalue weighted by Crippen LogP contribution is -2.37. The fraction of sp³-hybridized carbons (Fsp3) is 0.333. The first-order valence-electron chi connectivity index (χ1n) is 8.12. The minimum atomic E-state index is -0.366. The molecule has 1 aromatic carbocycles. The van der Waals surface area contributed by atoms with Gasteiger partial charge in [-0.15, -0.1) is 0 Å². The van der Waals surface area contributed by atoms with Crippen LogP contribution in [0.3, 0.4) is 0 Å². The third-order valence-electron chi connectivity index (χ3n) is 3.60. The maximum absolute atomic E-state index is 12.2. The van der Waals surface area contributed by atoms with E-state index >= 15 is 0 Å². The number of aromatic nitrogens is 2. The largest absolute Gasteiger partial charge is 0.496 e. The molecule has 0 fully saturated rings. The van der Waals surface area contributed by atoms with Crippen molar-refractivity contribution in [2.75, 3.05) is 26.5 Å². The van der Waals surface area contributed by atoms with E-state index in [-0.39, 0.29) is 18.0 Å². The predicted octanol–water partition coefficient (Wildman–Crippen LogP) is 1.94. The van der Waals surface area contributed by atoms with Gasteiger partial charge in [-0.05, 0) is 25.1 Å². The van der Waals surface area contributed by atoms with Crippen molar-refractivity contribution < 1.29 is 14.3 Å². The summed E-state index contributed by atoms with van der Waals surface area (Å²) in [7, 11) is 4.81. The van der Waals surface area contributed by atoms with Crippen LogP contribution in [-0.4, -0.2) is 54.1 Å². The van der Waals surface area contributed by atoms with E-state index in [1.165, 1.54) is 12.0 Å². The first-order valence-corrected chi connectivity index (χ1v) is 8.12. The lowest BCUT2D eigenvalue weighted by Gasteiger charge is -2.16. The molecule has 8 heteroatoms. The second-order valence-electron chi connectivity index (χ2n) is 6.02. The summed E-state index contributed by atoms with van der Waals surface area (Å²) in [6.45, 7) is 1.88. The predicted molar refractivity (Wildman–Crippen MR) is 98.4 cm³/mol. The van der Waals surface area contributed by atoms with E-state index < -0.39 is 0 Å². The zero-order chi connectivity index (χ0) is 19.1. The molecule has 1 heterocycles. The minimum absolute atomic E-state index is 0.132. The summed E-state index contributed by atoms with van der Waals surface area (Å²) >= 11 is 0. The number of methoxy groups -OCH3 is 1. The first kappa shape index (κ1) is 19.2. The average molecular weight is 357 g/mol. The van der Waals surface area contributed by atoms with Crippen LogP contribution in [0.25, 0.3) is 0 Å². The van der Waals surface area contributed by atoms with E-state index in [0.717, 1.165) is 5.69 Å². The first-order chi connectivity index (χ1) is 12.4. The Hall–Kier alpha value is -3.16. The Morgan fingerprint density at radius 1 is 1.27 bits per heavy atom. The van der Waals surface area contributed by atoms with Crippen LogP contribution in [0, 0.1) is 0 Å². The monoisotopic (exact) mass is 357 g/mol. The number of hydrogen-bond donors (Lipinski definition) is 2. The van der Waals surface area contributed by atoms with E-state index in [9.17, 15) is 9.59 Å². The number of anilines is 1. The number of carbonyl (C=O) groups is 2. The number of nitrogens with zero attached hydrogens (tertiary/aromatic N) is 3. The highest BCUT2D eigenvalue weighted by atomic mass is 16.5. The topological polar surface area (TPSA) is 96.5 Å². The van der Waals surface area contributed by atoms with Crippen LogP contribution >= 0.6 is 0 Å². The Bertz CT molecular complexity index is 765. The molecule has 2 N–H and O–H groups in total. The van der Waals surface area contributed by atoms with Crippen LogP contribution in [0.15, 0.2) is 36.8 Å². The standard InChI is InChI=1S/C18H23N5O3/c1-12(9-14-11-19-7-8-20-14)21-18(25)22-13-5-6-16(26-4)15(10-13)17(24)23(2)3/h5-8,10-12H,9H2,1-4H3,(H2,21,22,25)/t12-/m0/s1. The second-order valence-corrected chi connectivity index (χ2v) is 6.02. The highest BCUT2D eigenvalue weighted by Crippen LogP contribution is 2.23. The Morgan fingerprint density at radius 2 is 2.04 bits per heavy atom. The summed E-state index contributed by atoms with van der Waals surface area (Å²) in [5, 5.41) is 5.56. The molecule has 0 aliphatic rings. The number of ether oxygens (including phenoxy) is 1. The average Bonchev–Trinajstić information content (AvgIpc) is 2.61. The molecule has 3 amide bonds. The second kappa shape index (κ2) is 8.80. The van der Waals surface area contributed by atoms with Gasteiger partial charge in [0.05, 0.1) is 18.4 Å². The molecular formula is C18H23N5O3. The highest BCUT2D eigenvalue weighted by Gasteiger charge is 2.16. The molecule has 138 valence electrons. The third kappa shape index (κ3) is 5.17. The van der Waals surface area contributed by atoms with Crippen molar-refractivity contribution >= 4 is 17.6 Å². The lowest BCUT2D eigenvalue weighted by atomic mass is 10.1. The van der Waals surface area contributed by atoms with Crippen LogP contribution in [0.5, 0.6) is 5.75 Å². The number of nitrogens with one attached hydrogen (secondary N) is 2. The summed E-state index contributed by atoms with van der Waals surface area (Å²) in [6.07, 6.45) is 5.44. The normalized spacial score (nSPS) is 11.4. The summed E-state index contributed by atoms with van der Waals surface area (Å²) in [6, 6.07) is 4.42. The van der Waals surface area contributed by atoms with E-state index in [0.29, 0.717) is 23.4 Å². The van der Waals surface area contributed by atoms with Gasteiger partial charge < -0.3 is 20.3 Å². The lowest BCUT2D eigenvalue weighted by molar-refractivity contribution is 0.0824. The maximum atomic E-state index is 12.2. The van der Waals surface area contributed by atoms with Crippen LogP contribution < -0.4 is 15.4 Å². The van der Waals surface area contributed by atoms with Crippen molar-refractivity contribution in [2.45, 2.75) is 19.4 Å². The van der Waals surface area contributed by atoms with Crippen molar-refractivity contribution in [2.24, 2.45) is 0 Å².